The maximum atomic E-state index is 13.2. The molecule has 0 unspecified atom stereocenters. The number of halogens is 6. The number of aromatic nitrogens is 2. The van der Waals surface area contributed by atoms with Crippen LogP contribution in [0.4, 0.5) is 26.3 Å². The van der Waals surface area contributed by atoms with Crippen molar-refractivity contribution >= 4 is 0 Å². The molecule has 0 amide bonds. The van der Waals surface area contributed by atoms with Crippen molar-refractivity contribution in [3.63, 3.8) is 0 Å². The van der Waals surface area contributed by atoms with Crippen LogP contribution in [0.15, 0.2) is 85.2 Å². The van der Waals surface area contributed by atoms with Crippen LogP contribution in [-0.4, -0.2) is 9.97 Å². The Morgan fingerprint density at radius 2 is 1.03 bits per heavy atom. The van der Waals surface area contributed by atoms with Crippen LogP contribution in [0, 0.1) is 59.2 Å². The van der Waals surface area contributed by atoms with Crippen LogP contribution in [-0.2, 0) is 21.7 Å². The van der Waals surface area contributed by atoms with E-state index in [-0.39, 0.29) is 44.2 Å². The number of aromatic amines is 2. The number of hydrogen-bond acceptors (Lipinski definition) is 0. The van der Waals surface area contributed by atoms with E-state index in [9.17, 15) is 26.3 Å². The Hall–Kier alpha value is -3.75. The second kappa shape index (κ2) is 16.3. The zero-order valence-electron chi connectivity index (χ0n) is 20.3. The third-order valence-corrected chi connectivity index (χ3v) is 4.79. The van der Waals surface area contributed by atoms with Crippen LogP contribution in [0.5, 0.6) is 0 Å². The first-order valence-corrected chi connectivity index (χ1v) is 11.2. The summed E-state index contributed by atoms with van der Waals surface area (Å²) in [6.45, 7) is 0. The molecule has 2 heterocycles. The Bertz CT molecular complexity index is 1250. The fraction of sp³-hybridized carbons (Fsp3) is 0.0667. The molecule has 0 spiro atoms. The summed E-state index contributed by atoms with van der Waals surface area (Å²) in [4.78, 5) is 5.26. The molecule has 4 aromatic rings. The average Bonchev–Trinajstić information content (AvgIpc) is 3.69. The van der Waals surface area contributed by atoms with Crippen molar-refractivity contribution in [1.82, 2.24) is 9.97 Å². The molecule has 2 nitrogen and oxygen atoms in total. The summed E-state index contributed by atoms with van der Waals surface area (Å²) >= 11 is 0. The van der Waals surface area contributed by atoms with Crippen molar-refractivity contribution in [3.05, 3.63) is 144 Å². The zero-order valence-corrected chi connectivity index (χ0v) is 21.8. The first kappa shape index (κ1) is 31.5. The van der Waals surface area contributed by atoms with E-state index in [2.05, 4.69) is 34.3 Å². The van der Waals surface area contributed by atoms with Crippen molar-refractivity contribution in [2.75, 3.05) is 0 Å². The van der Waals surface area contributed by atoms with Crippen molar-refractivity contribution in [2.45, 2.75) is 12.8 Å². The quantitative estimate of drug-likeness (QED) is 0.138. The van der Waals surface area contributed by atoms with E-state index in [0.29, 0.717) is 12.1 Å². The summed E-state index contributed by atoms with van der Waals surface area (Å²) in [6.07, 6.45) is 23.1. The largest absolute Gasteiger partial charge is 4.00 e. The Balaban J connectivity index is 0.000000199. The molecule has 9 heteroatoms. The smallest absolute Gasteiger partial charge is 0.371 e. The molecule has 2 aromatic carbocycles. The molecule has 0 fully saturated rings. The van der Waals surface area contributed by atoms with Gasteiger partial charge in [-0.25, -0.2) is 50.6 Å². The molecule has 0 saturated heterocycles. The van der Waals surface area contributed by atoms with E-state index in [1.165, 1.54) is 24.5 Å². The molecule has 196 valence electrons. The van der Waals surface area contributed by atoms with Gasteiger partial charge in [-0.1, -0.05) is 12.1 Å². The molecule has 2 aromatic heterocycles. The van der Waals surface area contributed by atoms with E-state index in [1.54, 1.807) is 24.3 Å². The average molecular weight is 570 g/mol. The van der Waals surface area contributed by atoms with Crippen LogP contribution in [0.3, 0.4) is 0 Å². The minimum Gasteiger partial charge on any atom is -0.371 e. The number of H-pyrrole nitrogens is 2. The van der Waals surface area contributed by atoms with Crippen LogP contribution >= 0.6 is 0 Å². The van der Waals surface area contributed by atoms with Gasteiger partial charge in [0.25, 0.3) is 0 Å². The summed E-state index contributed by atoms with van der Waals surface area (Å²) < 4.78 is 77.6. The molecule has 2 aliphatic carbocycles. The fourth-order valence-electron chi connectivity index (χ4n) is 3.13. The van der Waals surface area contributed by atoms with Gasteiger partial charge in [0, 0.05) is 47.3 Å². The fourth-order valence-corrected chi connectivity index (χ4v) is 3.13. The molecule has 2 N–H and O–H groups in total. The second-order valence-corrected chi connectivity index (χ2v) is 7.48. The minimum atomic E-state index is -1.05. The van der Waals surface area contributed by atoms with Gasteiger partial charge in [0.15, 0.2) is 0 Å². The van der Waals surface area contributed by atoms with Crippen molar-refractivity contribution in [2.24, 2.45) is 0 Å². The van der Waals surface area contributed by atoms with Gasteiger partial charge in [0.05, 0.1) is 0 Å². The summed E-state index contributed by atoms with van der Waals surface area (Å²) in [7, 11) is 0. The molecule has 0 radical (unpaired) electrons. The zero-order chi connectivity index (χ0) is 27.3. The molecule has 6 rings (SSSR count). The maximum Gasteiger partial charge on any atom is 4.00 e. The van der Waals surface area contributed by atoms with Crippen molar-refractivity contribution in [3.8, 4) is 22.5 Å². The van der Waals surface area contributed by atoms with E-state index in [0.717, 1.165) is 12.8 Å². The first-order chi connectivity index (χ1) is 18.4. The van der Waals surface area contributed by atoms with Crippen LogP contribution in [0.2, 0.25) is 0 Å². The molecule has 2 aliphatic rings. The van der Waals surface area contributed by atoms with Gasteiger partial charge in [-0.15, -0.1) is 25.0 Å². The summed E-state index contributed by atoms with van der Waals surface area (Å²) in [5.74, 6) is -6.05. The predicted molar refractivity (Wildman–Crippen MR) is 133 cm³/mol. The van der Waals surface area contributed by atoms with Crippen molar-refractivity contribution < 1.29 is 48.1 Å². The number of allylic oxidation sites excluding steroid dienone is 8. The SMILES string of the molecule is Fc1[c-]c(F)c(-c2ccc[nH]2)c(F)c1.Fc1[c-]c(F)c(-c2ccc[nH]2)c(F)c1.[C-]1=CC=CC1.[C-]1=CC=CC1.[Ti+4]. The van der Waals surface area contributed by atoms with Crippen LogP contribution in [0.25, 0.3) is 22.5 Å². The van der Waals surface area contributed by atoms with Crippen LogP contribution < -0.4 is 0 Å². The van der Waals surface area contributed by atoms with E-state index >= 15 is 0 Å². The van der Waals surface area contributed by atoms with Crippen LogP contribution in [0.1, 0.15) is 12.8 Å². The molecule has 0 bridgehead atoms. The molecular weight excluding hydrogens is 550 g/mol. The number of nitrogens with one attached hydrogen (secondary N) is 2. The topological polar surface area (TPSA) is 31.6 Å². The number of benzene rings is 2. The molecular formula is C30H20F6N2Ti. The third-order valence-electron chi connectivity index (χ3n) is 4.79. The Morgan fingerprint density at radius 1 is 0.615 bits per heavy atom. The third kappa shape index (κ3) is 9.82. The van der Waals surface area contributed by atoms with Gasteiger partial charge < -0.3 is 9.97 Å². The van der Waals surface area contributed by atoms with Gasteiger partial charge in [-0.05, 0) is 46.8 Å². The van der Waals surface area contributed by atoms with Gasteiger partial charge in [-0.2, -0.15) is 12.2 Å². The molecule has 0 saturated carbocycles. The normalized spacial score (nSPS) is 12.1. The molecule has 0 atom stereocenters. The van der Waals surface area contributed by atoms with Gasteiger partial charge >= 0.3 is 21.7 Å². The monoisotopic (exact) mass is 570 g/mol. The van der Waals surface area contributed by atoms with E-state index in [1.807, 2.05) is 24.3 Å². The maximum absolute atomic E-state index is 13.2. The Kier molecular flexibility index (Phi) is 13.1. The van der Waals surface area contributed by atoms with Gasteiger partial charge in [-0.3, -0.25) is 12.2 Å². The molecule has 39 heavy (non-hydrogen) atoms. The Labute approximate surface area is 237 Å². The molecule has 0 aliphatic heterocycles. The Morgan fingerprint density at radius 3 is 1.26 bits per heavy atom. The second-order valence-electron chi connectivity index (χ2n) is 7.48. The first-order valence-electron chi connectivity index (χ1n) is 11.2. The van der Waals surface area contributed by atoms with Gasteiger partial charge in [0.1, 0.15) is 0 Å². The number of hydrogen-bond donors (Lipinski definition) is 2. The minimum absolute atomic E-state index is 0. The van der Waals surface area contributed by atoms with Gasteiger partial charge in [0.2, 0.25) is 0 Å². The number of rotatable bonds is 2. The van der Waals surface area contributed by atoms with E-state index in [4.69, 9.17) is 0 Å². The summed E-state index contributed by atoms with van der Waals surface area (Å²) in [5, 5.41) is 0. The standard InChI is InChI=1S/2C10H5F3N.2C5H5.Ti/c2*11-6-4-7(12)10(8(13)5-6)9-2-1-3-14-9;2*1-2-4-5-3-1;/h2*1-4,14H;2*1-3H,4H2;/q4*-1;+4. The summed E-state index contributed by atoms with van der Waals surface area (Å²) in [6, 6.07) is 10.9. The van der Waals surface area contributed by atoms with Crippen molar-refractivity contribution in [1.29, 1.82) is 0 Å². The predicted octanol–water partition coefficient (Wildman–Crippen LogP) is 8.41. The van der Waals surface area contributed by atoms with E-state index < -0.39 is 34.9 Å². The summed E-state index contributed by atoms with van der Waals surface area (Å²) in [5.41, 5.74) is -0.0692.